The van der Waals surface area contributed by atoms with E-state index in [1.807, 2.05) is 30.3 Å². The van der Waals surface area contributed by atoms with Gasteiger partial charge in [-0.2, -0.15) is 0 Å². The first-order chi connectivity index (χ1) is 6.74. The van der Waals surface area contributed by atoms with Crippen molar-refractivity contribution in [3.63, 3.8) is 0 Å². The molecular weight excluding hydrogens is 178 g/mol. The average molecular weight is 193 g/mol. The zero-order chi connectivity index (χ0) is 10.1. The van der Waals surface area contributed by atoms with Crippen molar-refractivity contribution < 1.29 is 4.79 Å². The Morgan fingerprint density at radius 1 is 1.71 bits per heavy atom. The predicted octanol–water partition coefficient (Wildman–Crippen LogP) is 0.635. The first-order valence-corrected chi connectivity index (χ1v) is 4.91. The molecule has 3 N–H and O–H groups in total. The Morgan fingerprint density at radius 3 is 3.07 bits per heavy atom. The topological polar surface area (TPSA) is 62.1 Å². The molecule has 2 unspecified atom stereocenters. The minimum Gasteiger partial charge on any atom is -0.367 e. The zero-order valence-corrected chi connectivity index (χ0v) is 8.23. The number of aromatic amines is 1. The highest BCUT2D eigenvalue weighted by Crippen LogP contribution is 2.31. The molecule has 2 atom stereocenters. The van der Waals surface area contributed by atoms with Crippen LogP contribution < -0.4 is 5.73 Å². The molecule has 0 bridgehead atoms. The van der Waals surface area contributed by atoms with Crippen molar-refractivity contribution in [1.29, 1.82) is 0 Å². The summed E-state index contributed by atoms with van der Waals surface area (Å²) >= 11 is 0. The molecule has 0 radical (unpaired) electrons. The van der Waals surface area contributed by atoms with Crippen LogP contribution in [0.15, 0.2) is 18.5 Å². The largest absolute Gasteiger partial charge is 0.367 e. The van der Waals surface area contributed by atoms with Crippen LogP contribution in [0.3, 0.4) is 0 Å². The van der Waals surface area contributed by atoms with Gasteiger partial charge >= 0.3 is 0 Å². The second-order valence-electron chi connectivity index (χ2n) is 3.64. The summed E-state index contributed by atoms with van der Waals surface area (Å²) in [4.78, 5) is 16.4. The molecule has 4 nitrogen and oxygen atoms in total. The van der Waals surface area contributed by atoms with Crippen molar-refractivity contribution in [3.8, 4) is 0 Å². The van der Waals surface area contributed by atoms with Crippen LogP contribution in [0.4, 0.5) is 0 Å². The lowest BCUT2D eigenvalue weighted by atomic mass is 10.0. The fourth-order valence-electron chi connectivity index (χ4n) is 2.14. The van der Waals surface area contributed by atoms with Crippen LogP contribution >= 0.6 is 0 Å². The molecule has 1 aliphatic heterocycles. The Morgan fingerprint density at radius 2 is 2.50 bits per heavy atom. The number of likely N-dealkylation sites (tertiary alicyclic amines) is 1. The maximum Gasteiger partial charge on any atom is 0.224 e. The lowest BCUT2D eigenvalue weighted by Gasteiger charge is -2.24. The van der Waals surface area contributed by atoms with E-state index >= 15 is 0 Å². The van der Waals surface area contributed by atoms with Crippen molar-refractivity contribution in [2.24, 2.45) is 5.73 Å². The van der Waals surface area contributed by atoms with E-state index in [-0.39, 0.29) is 18.0 Å². The van der Waals surface area contributed by atoms with Crippen molar-refractivity contribution in [1.82, 2.24) is 9.88 Å². The average Bonchev–Trinajstić information content (AvgIpc) is 2.72. The summed E-state index contributed by atoms with van der Waals surface area (Å²) in [5, 5.41) is 0. The van der Waals surface area contributed by atoms with E-state index in [0.29, 0.717) is 6.42 Å². The second kappa shape index (κ2) is 3.46. The molecule has 76 valence electrons. The number of likely N-dealkylation sites (N-methyl/N-ethyl adjacent to an activating group) is 1. The molecule has 4 heteroatoms. The lowest BCUT2D eigenvalue weighted by molar-refractivity contribution is -0.128. The van der Waals surface area contributed by atoms with Gasteiger partial charge in [0.25, 0.3) is 0 Å². The van der Waals surface area contributed by atoms with Gasteiger partial charge in [0.05, 0.1) is 6.04 Å². The maximum absolute atomic E-state index is 11.6. The number of aromatic nitrogens is 1. The third kappa shape index (κ3) is 1.32. The molecular formula is C10H15N3O. The molecule has 1 aromatic rings. The van der Waals surface area contributed by atoms with Gasteiger partial charge in [0, 0.05) is 31.4 Å². The number of carbonyl (C=O) groups excluding carboxylic acids is 1. The molecule has 1 fully saturated rings. The molecule has 2 heterocycles. The van der Waals surface area contributed by atoms with Gasteiger partial charge in [-0.15, -0.1) is 0 Å². The molecule has 0 aliphatic carbocycles. The standard InChI is InChI=1S/C10H15N3O/c1-2-13-9(14)5-8(11)10(13)7-3-4-12-6-7/h3-4,6,8,10,12H,2,5,11H2,1H3. The van der Waals surface area contributed by atoms with Crippen molar-refractivity contribution in [2.75, 3.05) is 6.54 Å². The van der Waals surface area contributed by atoms with Gasteiger partial charge in [0.2, 0.25) is 5.91 Å². The third-order valence-electron chi connectivity index (χ3n) is 2.78. The smallest absolute Gasteiger partial charge is 0.224 e. The minimum absolute atomic E-state index is 0.0544. The summed E-state index contributed by atoms with van der Waals surface area (Å²) in [7, 11) is 0. The van der Waals surface area contributed by atoms with E-state index in [1.165, 1.54) is 0 Å². The van der Waals surface area contributed by atoms with Crippen LogP contribution in [0.5, 0.6) is 0 Å². The number of H-pyrrole nitrogens is 1. The van der Waals surface area contributed by atoms with E-state index in [2.05, 4.69) is 4.98 Å². The second-order valence-corrected chi connectivity index (χ2v) is 3.64. The first-order valence-electron chi connectivity index (χ1n) is 4.91. The summed E-state index contributed by atoms with van der Waals surface area (Å²) in [6, 6.07) is 1.96. The summed E-state index contributed by atoms with van der Waals surface area (Å²) < 4.78 is 0. The van der Waals surface area contributed by atoms with E-state index in [4.69, 9.17) is 5.73 Å². The summed E-state index contributed by atoms with van der Waals surface area (Å²) in [5.41, 5.74) is 7.05. The first kappa shape index (κ1) is 9.27. The van der Waals surface area contributed by atoms with Crippen LogP contribution in [0.2, 0.25) is 0 Å². The highest BCUT2D eigenvalue weighted by atomic mass is 16.2. The Labute approximate surface area is 83.1 Å². The Bertz CT molecular complexity index is 320. The van der Waals surface area contributed by atoms with Crippen molar-refractivity contribution >= 4 is 5.91 Å². The van der Waals surface area contributed by atoms with E-state index in [1.54, 1.807) is 0 Å². The Balaban J connectivity index is 2.28. The quantitative estimate of drug-likeness (QED) is 0.723. The highest BCUT2D eigenvalue weighted by Gasteiger charge is 2.37. The van der Waals surface area contributed by atoms with Gasteiger partial charge in [-0.05, 0) is 18.6 Å². The predicted molar refractivity (Wildman–Crippen MR) is 53.5 cm³/mol. The number of nitrogens with two attached hydrogens (primary N) is 1. The van der Waals surface area contributed by atoms with Crippen LogP contribution in [-0.2, 0) is 4.79 Å². The van der Waals surface area contributed by atoms with Crippen LogP contribution in [0.25, 0.3) is 0 Å². The van der Waals surface area contributed by atoms with Gasteiger partial charge in [-0.3, -0.25) is 4.79 Å². The fraction of sp³-hybridized carbons (Fsp3) is 0.500. The molecule has 14 heavy (non-hydrogen) atoms. The van der Waals surface area contributed by atoms with Crippen LogP contribution in [0.1, 0.15) is 24.9 Å². The van der Waals surface area contributed by atoms with Crippen molar-refractivity contribution in [2.45, 2.75) is 25.4 Å². The SMILES string of the molecule is CCN1C(=O)CC(N)C1c1cc[nH]c1. The maximum atomic E-state index is 11.6. The molecule has 0 aromatic carbocycles. The van der Waals surface area contributed by atoms with Gasteiger partial charge < -0.3 is 15.6 Å². The van der Waals surface area contributed by atoms with E-state index in [0.717, 1.165) is 12.1 Å². The number of nitrogens with zero attached hydrogens (tertiary/aromatic N) is 1. The number of carbonyl (C=O) groups is 1. The number of rotatable bonds is 2. The summed E-state index contributed by atoms with van der Waals surface area (Å²) in [6.07, 6.45) is 4.23. The molecule has 1 aromatic heterocycles. The lowest BCUT2D eigenvalue weighted by Crippen LogP contribution is -2.32. The van der Waals surface area contributed by atoms with Gasteiger partial charge in [-0.25, -0.2) is 0 Å². The minimum atomic E-state index is -0.0711. The monoisotopic (exact) mass is 193 g/mol. The molecule has 1 saturated heterocycles. The molecule has 2 rings (SSSR count). The van der Waals surface area contributed by atoms with E-state index in [9.17, 15) is 4.79 Å². The summed E-state index contributed by atoms with van der Waals surface area (Å²) in [5.74, 6) is 0.159. The fourth-order valence-corrected chi connectivity index (χ4v) is 2.14. The molecule has 1 amide bonds. The highest BCUT2D eigenvalue weighted by molar-refractivity contribution is 5.80. The summed E-state index contributed by atoms with van der Waals surface area (Å²) in [6.45, 7) is 2.71. The van der Waals surface area contributed by atoms with Crippen LogP contribution in [-0.4, -0.2) is 28.4 Å². The normalized spacial score (nSPS) is 27.3. The number of hydrogen-bond donors (Lipinski definition) is 2. The number of nitrogens with one attached hydrogen (secondary N) is 1. The number of amides is 1. The number of hydrogen-bond acceptors (Lipinski definition) is 2. The van der Waals surface area contributed by atoms with Gasteiger partial charge in [0.15, 0.2) is 0 Å². The Hall–Kier alpha value is -1.29. The van der Waals surface area contributed by atoms with Crippen LogP contribution in [0, 0.1) is 0 Å². The van der Waals surface area contributed by atoms with Gasteiger partial charge in [-0.1, -0.05) is 0 Å². The third-order valence-corrected chi connectivity index (χ3v) is 2.78. The Kier molecular flexibility index (Phi) is 2.29. The molecule has 1 aliphatic rings. The molecule has 0 spiro atoms. The zero-order valence-electron chi connectivity index (χ0n) is 8.23. The molecule has 0 saturated carbocycles. The van der Waals surface area contributed by atoms with Crippen molar-refractivity contribution in [3.05, 3.63) is 24.0 Å². The van der Waals surface area contributed by atoms with E-state index < -0.39 is 0 Å². The van der Waals surface area contributed by atoms with Gasteiger partial charge in [0.1, 0.15) is 0 Å².